The molecule has 0 saturated carbocycles. The topological polar surface area (TPSA) is 26.0 Å². The second-order valence-electron chi connectivity index (χ2n) is 4.76. The highest BCUT2D eigenvalue weighted by molar-refractivity contribution is 7.99. The molecule has 0 aliphatic carbocycles. The molecule has 0 atom stereocenters. The third-order valence-electron chi connectivity index (χ3n) is 2.98. The van der Waals surface area contributed by atoms with Crippen molar-refractivity contribution in [2.45, 2.75) is 28.1 Å². The SMILES string of the molecule is Nc1ccc(Sc2ccc(C(C(F)(F)F)C(F)(F)F)cc2)cc1. The van der Waals surface area contributed by atoms with Crippen LogP contribution in [0.2, 0.25) is 0 Å². The standard InChI is InChI=1S/C15H11F6NS/c16-14(17,18)13(15(19,20)21)9-1-5-11(6-2-9)23-12-7-3-10(22)4-8-12/h1-8,13H,22H2. The molecule has 2 aromatic rings. The Bertz CT molecular complexity index is 632. The second kappa shape index (κ2) is 6.35. The van der Waals surface area contributed by atoms with Crippen LogP contribution in [0.5, 0.6) is 0 Å². The van der Waals surface area contributed by atoms with Crippen LogP contribution in [0.15, 0.2) is 58.3 Å². The van der Waals surface area contributed by atoms with Gasteiger partial charge in [0, 0.05) is 15.5 Å². The van der Waals surface area contributed by atoms with Gasteiger partial charge in [0.15, 0.2) is 5.92 Å². The lowest BCUT2D eigenvalue weighted by atomic mass is 9.98. The van der Waals surface area contributed by atoms with Crippen LogP contribution < -0.4 is 5.73 Å². The number of hydrogen-bond donors (Lipinski definition) is 1. The first-order chi connectivity index (χ1) is 10.6. The predicted molar refractivity (Wildman–Crippen MR) is 76.3 cm³/mol. The highest BCUT2D eigenvalue weighted by Gasteiger charge is 2.57. The van der Waals surface area contributed by atoms with Crippen LogP contribution in [0.3, 0.4) is 0 Å². The lowest BCUT2D eigenvalue weighted by Crippen LogP contribution is -2.34. The normalized spacial score (nSPS) is 12.7. The third kappa shape index (κ3) is 4.57. The van der Waals surface area contributed by atoms with Crippen molar-refractivity contribution < 1.29 is 26.3 Å². The van der Waals surface area contributed by atoms with Crippen molar-refractivity contribution >= 4 is 17.4 Å². The Morgan fingerprint density at radius 3 is 1.48 bits per heavy atom. The molecule has 1 nitrogen and oxygen atoms in total. The van der Waals surface area contributed by atoms with Crippen molar-refractivity contribution in [1.29, 1.82) is 0 Å². The molecule has 2 aromatic carbocycles. The van der Waals surface area contributed by atoms with E-state index in [0.29, 0.717) is 10.6 Å². The zero-order chi connectivity index (χ0) is 17.3. The molecule has 0 fully saturated rings. The summed E-state index contributed by atoms with van der Waals surface area (Å²) in [4.78, 5) is 1.30. The number of nitrogens with two attached hydrogens (primary N) is 1. The van der Waals surface area contributed by atoms with Crippen molar-refractivity contribution in [3.05, 3.63) is 54.1 Å². The average molecular weight is 351 g/mol. The molecule has 2 rings (SSSR count). The van der Waals surface area contributed by atoms with E-state index in [9.17, 15) is 26.3 Å². The zero-order valence-electron chi connectivity index (χ0n) is 11.4. The maximum Gasteiger partial charge on any atom is 0.404 e. The van der Waals surface area contributed by atoms with Crippen LogP contribution in [0.4, 0.5) is 32.0 Å². The summed E-state index contributed by atoms with van der Waals surface area (Å²) in [5.41, 5.74) is 5.26. The highest BCUT2D eigenvalue weighted by atomic mass is 32.2. The molecule has 0 heterocycles. The van der Waals surface area contributed by atoms with Crippen LogP contribution in [0.25, 0.3) is 0 Å². The van der Waals surface area contributed by atoms with Gasteiger partial charge in [-0.05, 0) is 42.0 Å². The number of alkyl halides is 6. The van der Waals surface area contributed by atoms with Crippen LogP contribution >= 0.6 is 11.8 Å². The Labute approximate surface area is 132 Å². The fraction of sp³-hybridized carbons (Fsp3) is 0.200. The first-order valence-corrected chi connectivity index (χ1v) is 7.16. The highest BCUT2D eigenvalue weighted by Crippen LogP contribution is 2.46. The van der Waals surface area contributed by atoms with E-state index in [1.807, 2.05) is 0 Å². The van der Waals surface area contributed by atoms with Gasteiger partial charge in [-0.3, -0.25) is 0 Å². The van der Waals surface area contributed by atoms with Crippen molar-refractivity contribution in [2.24, 2.45) is 0 Å². The number of halogens is 6. The van der Waals surface area contributed by atoms with Crippen LogP contribution in [-0.2, 0) is 0 Å². The molecule has 0 aliphatic heterocycles. The van der Waals surface area contributed by atoms with Crippen LogP contribution in [-0.4, -0.2) is 12.4 Å². The quantitative estimate of drug-likeness (QED) is 0.573. The third-order valence-corrected chi connectivity index (χ3v) is 4.00. The smallest absolute Gasteiger partial charge is 0.399 e. The van der Waals surface area contributed by atoms with Gasteiger partial charge >= 0.3 is 12.4 Å². The first-order valence-electron chi connectivity index (χ1n) is 6.34. The van der Waals surface area contributed by atoms with Gasteiger partial charge in [-0.15, -0.1) is 0 Å². The van der Waals surface area contributed by atoms with E-state index in [2.05, 4.69) is 0 Å². The Hall–Kier alpha value is -1.83. The van der Waals surface area contributed by atoms with Crippen LogP contribution in [0.1, 0.15) is 11.5 Å². The van der Waals surface area contributed by atoms with Crippen molar-refractivity contribution in [1.82, 2.24) is 0 Å². The minimum Gasteiger partial charge on any atom is -0.399 e. The Morgan fingerprint density at radius 1 is 0.696 bits per heavy atom. The molecule has 0 amide bonds. The first kappa shape index (κ1) is 17.5. The predicted octanol–water partition coefficient (Wildman–Crippen LogP) is 5.63. The monoisotopic (exact) mass is 351 g/mol. The summed E-state index contributed by atoms with van der Waals surface area (Å²) in [6, 6.07) is 10.9. The molecule has 8 heteroatoms. The Kier molecular flexibility index (Phi) is 4.84. The summed E-state index contributed by atoms with van der Waals surface area (Å²) in [6.45, 7) is 0. The molecule has 0 bridgehead atoms. The van der Waals surface area contributed by atoms with E-state index in [1.165, 1.54) is 23.9 Å². The van der Waals surface area contributed by atoms with E-state index >= 15 is 0 Å². The summed E-state index contributed by atoms with van der Waals surface area (Å²) in [7, 11) is 0. The zero-order valence-corrected chi connectivity index (χ0v) is 12.3. The molecule has 0 unspecified atom stereocenters. The van der Waals surface area contributed by atoms with Gasteiger partial charge in [-0.1, -0.05) is 23.9 Å². The Balaban J connectivity index is 2.22. The molecular weight excluding hydrogens is 340 g/mol. The molecule has 0 radical (unpaired) electrons. The van der Waals surface area contributed by atoms with Crippen LogP contribution in [0, 0.1) is 0 Å². The maximum absolute atomic E-state index is 12.6. The van der Waals surface area contributed by atoms with Crippen molar-refractivity contribution in [3.8, 4) is 0 Å². The van der Waals surface area contributed by atoms with Gasteiger partial charge in [-0.25, -0.2) is 0 Å². The van der Waals surface area contributed by atoms with Gasteiger partial charge in [0.05, 0.1) is 0 Å². The molecular formula is C15H11F6NS. The fourth-order valence-corrected chi connectivity index (χ4v) is 2.78. The minimum absolute atomic E-state index is 0.529. The second-order valence-corrected chi connectivity index (χ2v) is 5.90. The molecule has 0 spiro atoms. The lowest BCUT2D eigenvalue weighted by molar-refractivity contribution is -0.253. The van der Waals surface area contributed by atoms with E-state index in [-0.39, 0.29) is 0 Å². The largest absolute Gasteiger partial charge is 0.404 e. The molecule has 124 valence electrons. The minimum atomic E-state index is -5.39. The molecule has 0 saturated heterocycles. The number of hydrogen-bond acceptors (Lipinski definition) is 2. The number of benzene rings is 2. The van der Waals surface area contributed by atoms with Crippen molar-refractivity contribution in [2.75, 3.05) is 5.73 Å². The Morgan fingerprint density at radius 2 is 1.09 bits per heavy atom. The van der Waals surface area contributed by atoms with Crippen molar-refractivity contribution in [3.63, 3.8) is 0 Å². The fourth-order valence-electron chi connectivity index (χ4n) is 1.96. The van der Waals surface area contributed by atoms with E-state index in [1.54, 1.807) is 24.3 Å². The average Bonchev–Trinajstić information content (AvgIpc) is 2.40. The van der Waals surface area contributed by atoms with Gasteiger partial charge in [0.1, 0.15) is 0 Å². The van der Waals surface area contributed by atoms with Gasteiger partial charge in [0.2, 0.25) is 0 Å². The summed E-state index contributed by atoms with van der Waals surface area (Å²) in [5, 5.41) is 0. The summed E-state index contributed by atoms with van der Waals surface area (Å²) in [5.74, 6) is -3.48. The molecule has 0 aliphatic rings. The van der Waals surface area contributed by atoms with E-state index < -0.39 is 23.8 Å². The van der Waals surface area contributed by atoms with Gasteiger partial charge in [0.25, 0.3) is 0 Å². The summed E-state index contributed by atoms with van der Waals surface area (Å²) >= 11 is 1.21. The summed E-state index contributed by atoms with van der Waals surface area (Å²) < 4.78 is 75.9. The number of nitrogen functional groups attached to an aromatic ring is 1. The lowest BCUT2D eigenvalue weighted by Gasteiger charge is -2.23. The van der Waals surface area contributed by atoms with Gasteiger partial charge < -0.3 is 5.73 Å². The number of rotatable bonds is 3. The van der Waals surface area contributed by atoms with E-state index in [4.69, 9.17) is 5.73 Å². The van der Waals surface area contributed by atoms with E-state index in [0.717, 1.165) is 17.0 Å². The van der Waals surface area contributed by atoms with Gasteiger partial charge in [-0.2, -0.15) is 26.3 Å². The molecule has 2 N–H and O–H groups in total. The number of anilines is 1. The molecule has 23 heavy (non-hydrogen) atoms. The molecule has 0 aromatic heterocycles. The maximum atomic E-state index is 12.6. The summed E-state index contributed by atoms with van der Waals surface area (Å²) in [6.07, 6.45) is -10.8.